The van der Waals surface area contributed by atoms with Crippen molar-refractivity contribution < 1.29 is 0 Å². The van der Waals surface area contributed by atoms with Gasteiger partial charge in [-0.15, -0.1) is 0 Å². The zero-order chi connectivity index (χ0) is 14.2. The summed E-state index contributed by atoms with van der Waals surface area (Å²) in [5.41, 5.74) is 7.67. The van der Waals surface area contributed by atoms with Gasteiger partial charge in [0.25, 0.3) is 0 Å². The molecule has 1 aliphatic carbocycles. The van der Waals surface area contributed by atoms with Crippen LogP contribution in [0.4, 0.5) is 0 Å². The van der Waals surface area contributed by atoms with Crippen molar-refractivity contribution in [3.05, 3.63) is 33.8 Å². The van der Waals surface area contributed by atoms with Crippen LogP contribution in [0.3, 0.4) is 0 Å². The first-order chi connectivity index (χ1) is 8.82. The maximum Gasteiger partial charge on any atom is 0.0595 e. The predicted molar refractivity (Wildman–Crippen MR) is 84.0 cm³/mol. The molecular formula is C16H23Cl2N. The molecule has 3 atom stereocenters. The minimum atomic E-state index is 0.0355. The Bertz CT molecular complexity index is 456. The Labute approximate surface area is 126 Å². The summed E-state index contributed by atoms with van der Waals surface area (Å²) in [6, 6.07) is 6.24. The normalized spacial score (nSPS) is 28.4. The van der Waals surface area contributed by atoms with Crippen molar-refractivity contribution in [1.29, 1.82) is 0 Å². The van der Waals surface area contributed by atoms with E-state index < -0.39 is 0 Å². The molecule has 3 heteroatoms. The third-order valence-electron chi connectivity index (χ3n) is 4.75. The summed E-state index contributed by atoms with van der Waals surface area (Å²) < 4.78 is 0. The van der Waals surface area contributed by atoms with Crippen LogP contribution in [0.5, 0.6) is 0 Å². The Morgan fingerprint density at radius 1 is 1.16 bits per heavy atom. The largest absolute Gasteiger partial charge is 0.327 e. The van der Waals surface area contributed by atoms with Crippen LogP contribution < -0.4 is 5.73 Å². The van der Waals surface area contributed by atoms with E-state index in [1.165, 1.54) is 18.4 Å². The number of benzene rings is 1. The molecule has 1 fully saturated rings. The summed E-state index contributed by atoms with van der Waals surface area (Å²) in [4.78, 5) is 0. The van der Waals surface area contributed by atoms with Crippen molar-refractivity contribution in [3.63, 3.8) is 0 Å². The van der Waals surface area contributed by atoms with Crippen LogP contribution in [-0.2, 0) is 5.41 Å². The van der Waals surface area contributed by atoms with E-state index in [9.17, 15) is 0 Å². The average Bonchev–Trinajstić information content (AvgIpc) is 2.32. The van der Waals surface area contributed by atoms with Gasteiger partial charge < -0.3 is 5.73 Å². The molecule has 2 N–H and O–H groups in total. The van der Waals surface area contributed by atoms with Crippen molar-refractivity contribution >= 4 is 23.2 Å². The molecule has 1 nitrogen and oxygen atoms in total. The van der Waals surface area contributed by atoms with Crippen LogP contribution in [0, 0.1) is 11.8 Å². The topological polar surface area (TPSA) is 26.0 Å². The lowest BCUT2D eigenvalue weighted by Crippen LogP contribution is -2.45. The van der Waals surface area contributed by atoms with Crippen molar-refractivity contribution in [1.82, 2.24) is 0 Å². The highest BCUT2D eigenvalue weighted by Crippen LogP contribution is 2.42. The monoisotopic (exact) mass is 299 g/mol. The van der Waals surface area contributed by atoms with Crippen molar-refractivity contribution in [2.75, 3.05) is 0 Å². The van der Waals surface area contributed by atoms with Gasteiger partial charge >= 0.3 is 0 Å². The number of nitrogens with two attached hydrogens (primary N) is 1. The smallest absolute Gasteiger partial charge is 0.0595 e. The average molecular weight is 300 g/mol. The third kappa shape index (κ3) is 3.09. The summed E-state index contributed by atoms with van der Waals surface area (Å²) in [5.74, 6) is 1.25. The van der Waals surface area contributed by atoms with E-state index in [1.54, 1.807) is 0 Å². The number of halogens is 2. The first-order valence-corrected chi connectivity index (χ1v) is 7.79. The second-order valence-corrected chi connectivity index (χ2v) is 7.35. The van der Waals surface area contributed by atoms with Gasteiger partial charge in [-0.05, 0) is 47.8 Å². The molecule has 0 aliphatic heterocycles. The Balaban J connectivity index is 2.28. The Hall–Kier alpha value is -0.240. The van der Waals surface area contributed by atoms with Gasteiger partial charge in [-0.2, -0.15) is 0 Å². The van der Waals surface area contributed by atoms with Crippen molar-refractivity contribution in [3.8, 4) is 0 Å². The van der Waals surface area contributed by atoms with Gasteiger partial charge in [-0.25, -0.2) is 0 Å². The second-order valence-electron chi connectivity index (χ2n) is 6.54. The van der Waals surface area contributed by atoms with Gasteiger partial charge in [0, 0.05) is 6.04 Å². The van der Waals surface area contributed by atoms with Gasteiger partial charge in [-0.1, -0.05) is 56.5 Å². The van der Waals surface area contributed by atoms with Crippen molar-refractivity contribution in [2.45, 2.75) is 51.5 Å². The summed E-state index contributed by atoms with van der Waals surface area (Å²) >= 11 is 12.2. The number of hydrogen-bond acceptors (Lipinski definition) is 1. The quantitative estimate of drug-likeness (QED) is 0.814. The van der Waals surface area contributed by atoms with Crippen LogP contribution in [0.25, 0.3) is 0 Å². The first-order valence-electron chi connectivity index (χ1n) is 7.03. The zero-order valence-electron chi connectivity index (χ0n) is 11.9. The summed E-state index contributed by atoms with van der Waals surface area (Å²) in [6.45, 7) is 6.84. The maximum atomic E-state index is 6.40. The fraction of sp³-hybridized carbons (Fsp3) is 0.625. The van der Waals surface area contributed by atoms with Crippen LogP contribution >= 0.6 is 23.2 Å². The lowest BCUT2D eigenvalue weighted by atomic mass is 9.64. The molecule has 0 bridgehead atoms. The Kier molecular flexibility index (Phi) is 4.49. The highest BCUT2D eigenvalue weighted by molar-refractivity contribution is 6.42. The van der Waals surface area contributed by atoms with E-state index in [1.807, 2.05) is 12.1 Å². The van der Waals surface area contributed by atoms with E-state index in [0.717, 1.165) is 12.3 Å². The lowest BCUT2D eigenvalue weighted by Gasteiger charge is -2.43. The molecule has 2 rings (SSSR count). The molecule has 0 heterocycles. The lowest BCUT2D eigenvalue weighted by molar-refractivity contribution is 0.171. The molecule has 1 aliphatic rings. The van der Waals surface area contributed by atoms with Crippen LogP contribution in [0.15, 0.2) is 18.2 Å². The highest BCUT2D eigenvalue weighted by atomic mass is 35.5. The Morgan fingerprint density at radius 3 is 2.42 bits per heavy atom. The molecule has 1 saturated carbocycles. The molecule has 3 unspecified atom stereocenters. The third-order valence-corrected chi connectivity index (χ3v) is 5.49. The van der Waals surface area contributed by atoms with E-state index in [-0.39, 0.29) is 11.5 Å². The molecule has 0 spiro atoms. The van der Waals surface area contributed by atoms with Gasteiger partial charge in [0.1, 0.15) is 0 Å². The predicted octanol–water partition coefficient (Wildman–Crippen LogP) is 5.03. The molecule has 0 amide bonds. The fourth-order valence-electron chi connectivity index (χ4n) is 3.43. The summed E-state index contributed by atoms with van der Waals surface area (Å²) in [5, 5.41) is 1.24. The van der Waals surface area contributed by atoms with Gasteiger partial charge in [0.05, 0.1) is 10.0 Å². The first kappa shape index (κ1) is 15.2. The SMILES string of the molecule is CC1CCC(C(C)(C)c2ccc(Cl)c(Cl)c2)C(N)C1. The van der Waals surface area contributed by atoms with Gasteiger partial charge in [-0.3, -0.25) is 0 Å². The van der Waals surface area contributed by atoms with Gasteiger partial charge in [0.2, 0.25) is 0 Å². The second kappa shape index (κ2) is 5.63. The highest BCUT2D eigenvalue weighted by Gasteiger charge is 2.38. The molecule has 0 saturated heterocycles. The van der Waals surface area contributed by atoms with E-state index in [4.69, 9.17) is 28.9 Å². The minimum Gasteiger partial charge on any atom is -0.327 e. The minimum absolute atomic E-state index is 0.0355. The van der Waals surface area contributed by atoms with E-state index >= 15 is 0 Å². The molecule has 0 radical (unpaired) electrons. The van der Waals surface area contributed by atoms with Crippen LogP contribution in [0.1, 0.15) is 45.6 Å². The van der Waals surface area contributed by atoms with E-state index in [2.05, 4.69) is 26.8 Å². The molecule has 1 aromatic rings. The van der Waals surface area contributed by atoms with Gasteiger partial charge in [0.15, 0.2) is 0 Å². The maximum absolute atomic E-state index is 6.40. The van der Waals surface area contributed by atoms with Crippen LogP contribution in [-0.4, -0.2) is 6.04 Å². The Morgan fingerprint density at radius 2 is 1.84 bits per heavy atom. The van der Waals surface area contributed by atoms with Crippen LogP contribution in [0.2, 0.25) is 10.0 Å². The number of hydrogen-bond donors (Lipinski definition) is 1. The molecule has 19 heavy (non-hydrogen) atoms. The summed E-state index contributed by atoms with van der Waals surface area (Å²) in [6.07, 6.45) is 3.58. The van der Waals surface area contributed by atoms with E-state index in [0.29, 0.717) is 16.0 Å². The molecule has 1 aromatic carbocycles. The zero-order valence-corrected chi connectivity index (χ0v) is 13.4. The molecule has 106 valence electrons. The fourth-order valence-corrected chi connectivity index (χ4v) is 3.73. The molecular weight excluding hydrogens is 277 g/mol. The van der Waals surface area contributed by atoms with Crippen molar-refractivity contribution in [2.24, 2.45) is 17.6 Å². The summed E-state index contributed by atoms with van der Waals surface area (Å²) in [7, 11) is 0. The molecule has 0 aromatic heterocycles. The number of rotatable bonds is 2. The standard InChI is InChI=1S/C16H23Cl2N/c1-10-4-6-12(15(19)8-10)16(2,3)11-5-7-13(17)14(18)9-11/h5,7,9-10,12,15H,4,6,8,19H2,1-3H3.